The van der Waals surface area contributed by atoms with Crippen LogP contribution >= 0.6 is 11.3 Å². The second-order valence-electron chi connectivity index (χ2n) is 4.32. The third-order valence-corrected chi connectivity index (χ3v) is 3.45. The normalized spacial score (nSPS) is 12.8. The second-order valence-corrected chi connectivity index (χ2v) is 5.17. The molecule has 1 unspecified atom stereocenters. The minimum atomic E-state index is -0.840. The van der Waals surface area contributed by atoms with Gasteiger partial charge >= 0.3 is 5.97 Å². The van der Waals surface area contributed by atoms with Crippen LogP contribution in [-0.2, 0) is 11.2 Å². The molecule has 0 aliphatic rings. The van der Waals surface area contributed by atoms with Crippen LogP contribution in [0.5, 0.6) is 0 Å². The van der Waals surface area contributed by atoms with Crippen molar-refractivity contribution in [2.24, 2.45) is 11.8 Å². The number of aromatic nitrogens is 1. The molecule has 4 nitrogen and oxygen atoms in total. The van der Waals surface area contributed by atoms with Crippen molar-refractivity contribution in [1.29, 1.82) is 0 Å². The molecule has 90 valence electrons. The standard InChI is InChI=1S/C11H18N2O2S/c1-7(2)8(3)5-12-11-13-9(6-16-11)4-10(14)15/h6-8H,4-5H2,1-3H3,(H,12,13)(H,14,15). The Kier molecular flexibility index (Phi) is 4.73. The molecule has 2 N–H and O–H groups in total. The van der Waals surface area contributed by atoms with E-state index in [4.69, 9.17) is 5.11 Å². The van der Waals surface area contributed by atoms with Crippen molar-refractivity contribution in [3.8, 4) is 0 Å². The number of thiazole rings is 1. The number of hydrogen-bond donors (Lipinski definition) is 2. The largest absolute Gasteiger partial charge is 0.481 e. The molecule has 0 fully saturated rings. The van der Waals surface area contributed by atoms with Crippen LogP contribution in [0.4, 0.5) is 5.13 Å². The molecule has 0 amide bonds. The van der Waals surface area contributed by atoms with Crippen molar-refractivity contribution in [3.63, 3.8) is 0 Å². The van der Waals surface area contributed by atoms with Gasteiger partial charge in [-0.25, -0.2) is 4.98 Å². The zero-order chi connectivity index (χ0) is 12.1. The molecule has 0 saturated heterocycles. The minimum absolute atomic E-state index is 0.00207. The van der Waals surface area contributed by atoms with E-state index in [1.807, 2.05) is 0 Å². The lowest BCUT2D eigenvalue weighted by Crippen LogP contribution is -2.16. The molecule has 1 aromatic heterocycles. The summed E-state index contributed by atoms with van der Waals surface area (Å²) in [6.07, 6.45) is -0.00207. The molecule has 1 atom stereocenters. The van der Waals surface area contributed by atoms with Gasteiger partial charge in [0.2, 0.25) is 0 Å². The number of carboxylic acid groups (broad SMARTS) is 1. The van der Waals surface area contributed by atoms with Crippen LogP contribution in [0, 0.1) is 11.8 Å². The Balaban J connectivity index is 2.43. The fraction of sp³-hybridized carbons (Fsp3) is 0.636. The first-order valence-corrected chi connectivity index (χ1v) is 6.27. The zero-order valence-electron chi connectivity index (χ0n) is 9.86. The van der Waals surface area contributed by atoms with Gasteiger partial charge in [-0.1, -0.05) is 20.8 Å². The zero-order valence-corrected chi connectivity index (χ0v) is 10.7. The van der Waals surface area contributed by atoms with Crippen LogP contribution < -0.4 is 5.32 Å². The molecule has 0 aliphatic heterocycles. The number of nitrogens with zero attached hydrogens (tertiary/aromatic N) is 1. The van der Waals surface area contributed by atoms with E-state index in [2.05, 4.69) is 31.1 Å². The number of hydrogen-bond acceptors (Lipinski definition) is 4. The Bertz CT molecular complexity index is 350. The fourth-order valence-electron chi connectivity index (χ4n) is 1.11. The highest BCUT2D eigenvalue weighted by molar-refractivity contribution is 7.13. The van der Waals surface area contributed by atoms with Gasteiger partial charge < -0.3 is 10.4 Å². The summed E-state index contributed by atoms with van der Waals surface area (Å²) in [7, 11) is 0. The molecule has 1 aromatic rings. The smallest absolute Gasteiger partial charge is 0.309 e. The highest BCUT2D eigenvalue weighted by atomic mass is 32.1. The lowest BCUT2D eigenvalue weighted by molar-refractivity contribution is -0.136. The first kappa shape index (κ1) is 13.0. The summed E-state index contributed by atoms with van der Waals surface area (Å²) in [5.74, 6) is 0.366. The molecular formula is C11H18N2O2S. The summed E-state index contributed by atoms with van der Waals surface area (Å²) in [4.78, 5) is 14.7. The van der Waals surface area contributed by atoms with Gasteiger partial charge in [0.1, 0.15) is 0 Å². The highest BCUT2D eigenvalue weighted by Gasteiger charge is 2.09. The van der Waals surface area contributed by atoms with Gasteiger partial charge in [0.25, 0.3) is 0 Å². The van der Waals surface area contributed by atoms with Gasteiger partial charge in [-0.15, -0.1) is 11.3 Å². The summed E-state index contributed by atoms with van der Waals surface area (Å²) in [5.41, 5.74) is 0.622. The molecule has 1 rings (SSSR count). The number of carbonyl (C=O) groups is 1. The van der Waals surface area contributed by atoms with E-state index >= 15 is 0 Å². The molecule has 0 aliphatic carbocycles. The van der Waals surface area contributed by atoms with E-state index in [-0.39, 0.29) is 6.42 Å². The van der Waals surface area contributed by atoms with Gasteiger partial charge in [-0.3, -0.25) is 4.79 Å². The summed E-state index contributed by atoms with van der Waals surface area (Å²) in [6.45, 7) is 7.43. The van der Waals surface area contributed by atoms with Crippen LogP contribution in [-0.4, -0.2) is 22.6 Å². The second kappa shape index (κ2) is 5.84. The maximum atomic E-state index is 10.5. The predicted octanol–water partition coefficient (Wildman–Crippen LogP) is 2.47. The number of nitrogens with one attached hydrogen (secondary N) is 1. The van der Waals surface area contributed by atoms with Crippen molar-refractivity contribution in [1.82, 2.24) is 4.98 Å². The maximum absolute atomic E-state index is 10.5. The number of anilines is 1. The van der Waals surface area contributed by atoms with E-state index < -0.39 is 5.97 Å². The van der Waals surface area contributed by atoms with Crippen LogP contribution in [0.25, 0.3) is 0 Å². The van der Waals surface area contributed by atoms with Gasteiger partial charge in [0.15, 0.2) is 5.13 Å². The van der Waals surface area contributed by atoms with Crippen LogP contribution in [0.1, 0.15) is 26.5 Å². The third-order valence-electron chi connectivity index (χ3n) is 2.60. The summed E-state index contributed by atoms with van der Waals surface area (Å²) < 4.78 is 0. The molecule has 0 bridgehead atoms. The number of rotatable bonds is 6. The summed E-state index contributed by atoms with van der Waals surface area (Å²) >= 11 is 1.46. The average molecular weight is 242 g/mol. The van der Waals surface area contributed by atoms with E-state index in [1.54, 1.807) is 5.38 Å². The molecule has 5 heteroatoms. The average Bonchev–Trinajstić information content (AvgIpc) is 2.60. The van der Waals surface area contributed by atoms with Crippen molar-refractivity contribution in [3.05, 3.63) is 11.1 Å². The van der Waals surface area contributed by atoms with E-state index in [0.29, 0.717) is 17.5 Å². The van der Waals surface area contributed by atoms with Gasteiger partial charge in [0.05, 0.1) is 12.1 Å². The van der Waals surface area contributed by atoms with E-state index in [9.17, 15) is 4.79 Å². The Morgan fingerprint density at radius 3 is 2.81 bits per heavy atom. The Morgan fingerprint density at radius 1 is 1.56 bits per heavy atom. The summed E-state index contributed by atoms with van der Waals surface area (Å²) in [6, 6.07) is 0. The maximum Gasteiger partial charge on any atom is 0.309 e. The first-order valence-electron chi connectivity index (χ1n) is 5.39. The third kappa shape index (κ3) is 4.18. The topological polar surface area (TPSA) is 62.2 Å². The quantitative estimate of drug-likeness (QED) is 0.804. The SMILES string of the molecule is CC(C)C(C)CNc1nc(CC(=O)O)cs1. The van der Waals surface area contributed by atoms with Crippen molar-refractivity contribution in [2.45, 2.75) is 27.2 Å². The lowest BCUT2D eigenvalue weighted by atomic mass is 9.98. The molecule has 0 radical (unpaired) electrons. The predicted molar refractivity (Wildman–Crippen MR) is 65.9 cm³/mol. The van der Waals surface area contributed by atoms with Crippen molar-refractivity contribution in [2.75, 3.05) is 11.9 Å². The molecule has 0 saturated carbocycles. The fourth-order valence-corrected chi connectivity index (χ4v) is 1.83. The van der Waals surface area contributed by atoms with E-state index in [1.165, 1.54) is 11.3 Å². The molecule has 0 spiro atoms. The van der Waals surface area contributed by atoms with Crippen LogP contribution in [0.15, 0.2) is 5.38 Å². The van der Waals surface area contributed by atoms with Gasteiger partial charge in [-0.05, 0) is 11.8 Å². The van der Waals surface area contributed by atoms with Crippen LogP contribution in [0.2, 0.25) is 0 Å². The Morgan fingerprint density at radius 2 is 2.25 bits per heavy atom. The van der Waals surface area contributed by atoms with Gasteiger partial charge in [-0.2, -0.15) is 0 Å². The van der Waals surface area contributed by atoms with Gasteiger partial charge in [0, 0.05) is 11.9 Å². The van der Waals surface area contributed by atoms with Crippen molar-refractivity contribution < 1.29 is 9.90 Å². The first-order chi connectivity index (χ1) is 7.49. The number of aliphatic carboxylic acids is 1. The Hall–Kier alpha value is -1.10. The molecule has 0 aromatic carbocycles. The molecular weight excluding hydrogens is 224 g/mol. The van der Waals surface area contributed by atoms with Crippen LogP contribution in [0.3, 0.4) is 0 Å². The van der Waals surface area contributed by atoms with Crippen molar-refractivity contribution >= 4 is 22.4 Å². The van der Waals surface area contributed by atoms with E-state index in [0.717, 1.165) is 11.7 Å². The molecule has 16 heavy (non-hydrogen) atoms. The highest BCUT2D eigenvalue weighted by Crippen LogP contribution is 2.17. The molecule has 1 heterocycles. The summed E-state index contributed by atoms with van der Waals surface area (Å²) in [5, 5.41) is 14.4. The Labute approximate surface area is 99.7 Å². The number of carboxylic acids is 1. The monoisotopic (exact) mass is 242 g/mol. The minimum Gasteiger partial charge on any atom is -0.481 e. The lowest BCUT2D eigenvalue weighted by Gasteiger charge is -2.15.